The number of hydrogen-bond acceptors (Lipinski definition) is 3. The van der Waals surface area contributed by atoms with Crippen molar-refractivity contribution in [3.63, 3.8) is 0 Å². The van der Waals surface area contributed by atoms with Crippen LogP contribution in [0.5, 0.6) is 0 Å². The van der Waals surface area contributed by atoms with Crippen molar-refractivity contribution in [2.75, 3.05) is 9.80 Å². The maximum atomic E-state index is 10.1. The van der Waals surface area contributed by atoms with E-state index in [-0.39, 0.29) is 76.9 Å². The molecule has 2 aliphatic rings. The Labute approximate surface area is 644 Å². The molecular weight excluding hydrogens is 1290 g/mol. The molecular formula is C98H72BN5S. The van der Waals surface area contributed by atoms with Crippen molar-refractivity contribution >= 4 is 154 Å². The SMILES string of the molecule is [2H]c1c([2H])c([2H])c(-c2ccc3c(c2)N(c2cccc4c2sc2c(-n5c6ccc(C(C)(C)C)cc6c6cc(C(C)(C)C)ccc65)cccc24)c2cc(-n4c5c([2H])c([2H])c([2H])c([2H])c5c5c([2H])c([2H])c([2H])c([2H])c54)cc4c2B3c2ccc(-n3c5c([2H])c([2H])c([2H])c([2H])c5c5c([2H])c([2H])c([2H])c([2H])c53)cc2N4c2cc(-c3ccccc3)cc(-c3ccccc3)c2)c([2H])c1[2H]. The lowest BCUT2D eigenvalue weighted by atomic mass is 9.33. The molecule has 2 aliphatic heterocycles. The van der Waals surface area contributed by atoms with Crippen LogP contribution in [0.2, 0.25) is 0 Å². The highest BCUT2D eigenvalue weighted by Gasteiger charge is 2.45. The van der Waals surface area contributed by atoms with Crippen LogP contribution in [0.25, 0.3) is 136 Å². The first-order valence-corrected chi connectivity index (χ1v) is 35.8. The molecule has 0 saturated heterocycles. The summed E-state index contributed by atoms with van der Waals surface area (Å²) in [5.74, 6) is 0. The smallest absolute Gasteiger partial charge is 0.252 e. The minimum absolute atomic E-state index is 0.104. The largest absolute Gasteiger partial charge is 0.311 e. The number of para-hydroxylation sites is 4. The van der Waals surface area contributed by atoms with Gasteiger partial charge in [0.2, 0.25) is 0 Å². The first-order valence-electron chi connectivity index (χ1n) is 45.5. The van der Waals surface area contributed by atoms with Crippen molar-refractivity contribution < 1.29 is 28.8 Å². The molecule has 19 aromatic rings. The van der Waals surface area contributed by atoms with E-state index in [0.29, 0.717) is 50.5 Å². The van der Waals surface area contributed by atoms with Gasteiger partial charge in [0.05, 0.1) is 88.3 Å². The average Bonchev–Trinajstić information content (AvgIpc) is 1.40. The summed E-state index contributed by atoms with van der Waals surface area (Å²) in [6.07, 6.45) is 0. The topological polar surface area (TPSA) is 21.3 Å². The number of aromatic nitrogens is 3. The highest BCUT2D eigenvalue weighted by Crippen LogP contribution is 2.53. The van der Waals surface area contributed by atoms with Crippen molar-refractivity contribution in [3.8, 4) is 50.4 Å². The number of rotatable bonds is 8. The van der Waals surface area contributed by atoms with Gasteiger partial charge in [0.1, 0.15) is 0 Å². The van der Waals surface area contributed by atoms with Gasteiger partial charge in [0.25, 0.3) is 6.71 Å². The van der Waals surface area contributed by atoms with E-state index in [1.807, 2.05) is 126 Å². The third-order valence-corrected chi connectivity index (χ3v) is 22.5. The van der Waals surface area contributed by atoms with Crippen LogP contribution in [0.1, 0.15) is 81.5 Å². The van der Waals surface area contributed by atoms with E-state index in [1.165, 1.54) is 20.3 Å². The number of benzene rings is 15. The summed E-state index contributed by atoms with van der Waals surface area (Å²) in [4.78, 5) is 4.11. The van der Waals surface area contributed by atoms with E-state index in [9.17, 15) is 24.7 Å². The normalized spacial score (nSPS) is 15.8. The Hall–Kier alpha value is -12.4. The number of anilines is 6. The molecule has 105 heavy (non-hydrogen) atoms. The van der Waals surface area contributed by atoms with Crippen LogP contribution in [0, 0.1) is 0 Å². The zero-order chi connectivity index (χ0) is 88.4. The van der Waals surface area contributed by atoms with Gasteiger partial charge in [-0.3, -0.25) is 0 Å². The number of nitrogens with zero attached hydrogens (tertiary/aromatic N) is 5. The monoisotopic (exact) mass is 1380 g/mol. The minimum atomic E-state index is -0.947. The molecule has 0 spiro atoms. The average molecular weight is 1380 g/mol. The van der Waals surface area contributed by atoms with Gasteiger partial charge in [-0.2, -0.15) is 0 Å². The van der Waals surface area contributed by atoms with E-state index in [4.69, 9.17) is 4.11 Å². The molecule has 0 fully saturated rings. The molecule has 5 nitrogen and oxygen atoms in total. The predicted octanol–water partition coefficient (Wildman–Crippen LogP) is 25.0. The molecule has 498 valence electrons. The van der Waals surface area contributed by atoms with Gasteiger partial charge >= 0.3 is 0 Å². The summed E-state index contributed by atoms with van der Waals surface area (Å²) >= 11 is 1.56. The number of fused-ring (bicyclic) bond motifs is 16. The first kappa shape index (κ1) is 43.5. The third-order valence-electron chi connectivity index (χ3n) is 21.3. The zero-order valence-corrected chi connectivity index (χ0v) is 58.6. The van der Waals surface area contributed by atoms with Crippen molar-refractivity contribution in [2.24, 2.45) is 0 Å². The predicted molar refractivity (Wildman–Crippen MR) is 450 cm³/mol. The van der Waals surface area contributed by atoms with Gasteiger partial charge < -0.3 is 23.5 Å². The molecule has 0 amide bonds. The van der Waals surface area contributed by atoms with Gasteiger partial charge in [0, 0.05) is 77.2 Å². The molecule has 15 aromatic carbocycles. The fraction of sp³-hybridized carbons (Fsp3) is 0.0816. The van der Waals surface area contributed by atoms with E-state index in [2.05, 4.69) is 118 Å². The van der Waals surface area contributed by atoms with Crippen LogP contribution in [0.4, 0.5) is 34.1 Å². The summed E-state index contributed by atoms with van der Waals surface area (Å²) in [7, 11) is 0. The summed E-state index contributed by atoms with van der Waals surface area (Å²) in [5, 5.41) is 3.25. The highest BCUT2D eigenvalue weighted by molar-refractivity contribution is 7.27. The molecule has 4 aromatic heterocycles. The van der Waals surface area contributed by atoms with Gasteiger partial charge in [-0.05, 0) is 181 Å². The van der Waals surface area contributed by atoms with Crippen LogP contribution >= 0.6 is 11.3 Å². The molecule has 7 heteroatoms. The Bertz CT molecular complexity index is 7850. The van der Waals surface area contributed by atoms with E-state index in [0.717, 1.165) is 69.9 Å². The van der Waals surface area contributed by atoms with Crippen LogP contribution in [-0.2, 0) is 10.8 Å². The van der Waals surface area contributed by atoms with Gasteiger partial charge in [-0.1, -0.05) is 260 Å². The summed E-state index contributed by atoms with van der Waals surface area (Å²) < 4.78 is 206. The van der Waals surface area contributed by atoms with Crippen LogP contribution < -0.4 is 26.2 Å². The Morgan fingerprint density at radius 1 is 0.276 bits per heavy atom. The molecule has 6 heterocycles. The summed E-state index contributed by atoms with van der Waals surface area (Å²) in [6, 6.07) is 53.9. The third kappa shape index (κ3) is 9.40. The summed E-state index contributed by atoms with van der Waals surface area (Å²) in [6.45, 7) is 12.3. The second kappa shape index (κ2) is 23.0. The quantitative estimate of drug-likeness (QED) is 0.141. The molecule has 0 N–H and O–H groups in total. The molecule has 21 rings (SSSR count). The minimum Gasteiger partial charge on any atom is -0.311 e. The second-order valence-corrected chi connectivity index (χ2v) is 30.3. The van der Waals surface area contributed by atoms with Gasteiger partial charge in [-0.25, -0.2) is 0 Å². The molecule has 0 radical (unpaired) electrons. The van der Waals surface area contributed by atoms with E-state index in [1.54, 1.807) is 23.5 Å². The van der Waals surface area contributed by atoms with E-state index < -0.39 is 134 Å². The van der Waals surface area contributed by atoms with E-state index >= 15 is 0 Å². The Morgan fingerprint density at radius 2 is 0.733 bits per heavy atom. The fourth-order valence-corrected chi connectivity index (χ4v) is 17.7. The number of hydrogen-bond donors (Lipinski definition) is 0. The standard InChI is InChI=1S/C98H72BN5S/c1-97(2,3)67-45-50-86-78(56-67)79-57-68(98(4,5)6)46-51-87(79)103(86)88-42-24-36-76-77-37-25-43-89(96(77)105-95(76)88)104-90-55-64(61-26-10-7-11-27-61)44-48-80(90)99-81-49-47-69(100-82-38-20-16-32-72(82)73-33-17-21-39-83(73)100)58-91(81)102(70-53-65(62-28-12-8-13-29-62)52-66(54-70)63-30-14-9-15-31-63)92-59-71(60-93(104)94(92)99)101-84-40-22-18-34-74(84)75-35-19-23-41-85(75)101/h7-60H,1-6H3/i7D,10D,11D,16D,17D,18D,19D,20D,21D,22D,23D,26D,27D,32D,33D,34D,35D,38D,39D,40D,41D. The van der Waals surface area contributed by atoms with Crippen molar-refractivity contribution in [1.82, 2.24) is 13.7 Å². The fourth-order valence-electron chi connectivity index (χ4n) is 16.4. The van der Waals surface area contributed by atoms with Crippen LogP contribution in [0.15, 0.2) is 327 Å². The Balaban J connectivity index is 0.954. The van der Waals surface area contributed by atoms with Gasteiger partial charge in [0.15, 0.2) is 0 Å². The highest BCUT2D eigenvalue weighted by atomic mass is 32.1. The van der Waals surface area contributed by atoms with Gasteiger partial charge in [-0.15, -0.1) is 11.3 Å². The maximum absolute atomic E-state index is 10.1. The second-order valence-electron chi connectivity index (χ2n) is 29.3. The molecule has 0 bridgehead atoms. The van der Waals surface area contributed by atoms with Crippen LogP contribution in [0.3, 0.4) is 0 Å². The first-order chi connectivity index (χ1) is 60.1. The Morgan fingerprint density at radius 3 is 1.27 bits per heavy atom. The summed E-state index contributed by atoms with van der Waals surface area (Å²) in [5.41, 5.74) is 12.2. The maximum Gasteiger partial charge on any atom is 0.252 e. The molecule has 0 saturated carbocycles. The zero-order valence-electron chi connectivity index (χ0n) is 78.8. The lowest BCUT2D eigenvalue weighted by Gasteiger charge is -2.45. The Kier molecular flexibility index (Phi) is 9.55. The van der Waals surface area contributed by atoms with Crippen molar-refractivity contribution in [2.45, 2.75) is 52.4 Å². The van der Waals surface area contributed by atoms with Crippen molar-refractivity contribution in [3.05, 3.63) is 338 Å². The van der Waals surface area contributed by atoms with Crippen molar-refractivity contribution in [1.29, 1.82) is 0 Å². The number of thiophene rings is 1. The molecule has 0 unspecified atom stereocenters. The lowest BCUT2D eigenvalue weighted by Crippen LogP contribution is -2.61. The lowest BCUT2D eigenvalue weighted by molar-refractivity contribution is 0.590. The molecule has 0 atom stereocenters. The van der Waals surface area contributed by atoms with Crippen LogP contribution in [-0.4, -0.2) is 20.4 Å². The molecule has 0 aliphatic carbocycles.